The first kappa shape index (κ1) is 15.9. The third-order valence-corrected chi connectivity index (χ3v) is 9.63. The summed E-state index contributed by atoms with van der Waals surface area (Å²) in [6.07, 6.45) is 3.74. The lowest BCUT2D eigenvalue weighted by atomic mass is 9.94. The van der Waals surface area contributed by atoms with E-state index >= 15 is 0 Å². The molecule has 0 saturated carbocycles. The lowest BCUT2D eigenvalue weighted by Gasteiger charge is -2.22. The van der Waals surface area contributed by atoms with E-state index in [0.717, 1.165) is 0 Å². The van der Waals surface area contributed by atoms with Crippen LogP contribution >= 0.6 is 0 Å². The van der Waals surface area contributed by atoms with Crippen molar-refractivity contribution in [3.8, 4) is 11.1 Å². The van der Waals surface area contributed by atoms with Gasteiger partial charge in [-0.15, -0.1) is 0 Å². The maximum absolute atomic E-state index is 2.56. The van der Waals surface area contributed by atoms with Gasteiger partial charge in [0.1, 0.15) is 8.07 Å². The molecule has 0 radical (unpaired) electrons. The van der Waals surface area contributed by atoms with E-state index in [0.29, 0.717) is 5.92 Å². The fourth-order valence-corrected chi connectivity index (χ4v) is 8.50. The first-order valence-corrected chi connectivity index (χ1v) is 12.4. The van der Waals surface area contributed by atoms with E-state index < -0.39 is 8.07 Å². The van der Waals surface area contributed by atoms with Gasteiger partial charge in [0, 0.05) is 0 Å². The summed E-state index contributed by atoms with van der Waals surface area (Å²) < 4.78 is 0. The molecule has 0 nitrogen and oxygen atoms in total. The van der Waals surface area contributed by atoms with E-state index in [-0.39, 0.29) is 0 Å². The van der Waals surface area contributed by atoms with Crippen molar-refractivity contribution < 1.29 is 0 Å². The number of hydrogen-bond acceptors (Lipinski definition) is 0. The van der Waals surface area contributed by atoms with E-state index in [9.17, 15) is 0 Å². The Bertz CT molecular complexity index is 835. The molecule has 24 heavy (non-hydrogen) atoms. The summed E-state index contributed by atoms with van der Waals surface area (Å²) in [5.41, 5.74) is 9.39. The summed E-state index contributed by atoms with van der Waals surface area (Å²) in [4.78, 5) is 0. The van der Waals surface area contributed by atoms with E-state index in [4.69, 9.17) is 0 Å². The van der Waals surface area contributed by atoms with Gasteiger partial charge in [0.2, 0.25) is 0 Å². The summed E-state index contributed by atoms with van der Waals surface area (Å²) >= 11 is 0. The lowest BCUT2D eigenvalue weighted by molar-refractivity contribution is 0.867. The fourth-order valence-electron chi connectivity index (χ4n) is 4.83. The van der Waals surface area contributed by atoms with Crippen LogP contribution in [0.15, 0.2) is 42.0 Å². The quantitative estimate of drug-likeness (QED) is 0.597. The average molecular weight is 333 g/mol. The van der Waals surface area contributed by atoms with E-state index in [1.54, 1.807) is 32.6 Å². The van der Waals surface area contributed by atoms with Crippen LogP contribution in [0.25, 0.3) is 16.3 Å². The molecule has 2 aromatic rings. The summed E-state index contributed by atoms with van der Waals surface area (Å²) in [7, 11) is -1.52. The smallest absolute Gasteiger partial charge is 0.0655 e. The minimum absolute atomic E-state index is 0.600. The molecule has 4 rings (SSSR count). The highest BCUT2D eigenvalue weighted by atomic mass is 28.3. The Hall–Kier alpha value is -1.60. The molecule has 0 amide bonds. The first-order valence-electron chi connectivity index (χ1n) is 9.44. The monoisotopic (exact) mass is 332 g/mol. The minimum atomic E-state index is -1.52. The van der Waals surface area contributed by atoms with Crippen LogP contribution in [0.5, 0.6) is 0 Å². The predicted octanol–water partition coefficient (Wildman–Crippen LogP) is 6.06. The molecule has 1 aliphatic carbocycles. The maximum atomic E-state index is 2.56. The van der Waals surface area contributed by atoms with Gasteiger partial charge in [-0.2, -0.15) is 0 Å². The van der Waals surface area contributed by atoms with Gasteiger partial charge in [0.25, 0.3) is 0 Å². The van der Waals surface area contributed by atoms with Gasteiger partial charge >= 0.3 is 0 Å². The molecule has 0 fully saturated rings. The van der Waals surface area contributed by atoms with Crippen LogP contribution in [0.3, 0.4) is 0 Å². The standard InChI is InChI=1S/C23H28Si/c1-6-7-19-14-18-12-13-20-21(22(18)23(19)24(20,4)5)17-10-8-16(9-11-17)15(2)3/h8-13,15H,6-7,14H2,1-5H3. The molecule has 0 aromatic heterocycles. The Kier molecular flexibility index (Phi) is 3.61. The summed E-state index contributed by atoms with van der Waals surface area (Å²) in [6.45, 7) is 12.0. The summed E-state index contributed by atoms with van der Waals surface area (Å²) in [6, 6.07) is 14.2. The van der Waals surface area contributed by atoms with Gasteiger partial charge in [0.15, 0.2) is 0 Å². The van der Waals surface area contributed by atoms with Crippen LogP contribution in [0.4, 0.5) is 0 Å². The van der Waals surface area contributed by atoms with Crippen LogP contribution in [-0.4, -0.2) is 8.07 Å². The Morgan fingerprint density at radius 2 is 1.67 bits per heavy atom. The second-order valence-corrected chi connectivity index (χ2v) is 12.6. The van der Waals surface area contributed by atoms with Gasteiger partial charge in [-0.3, -0.25) is 0 Å². The van der Waals surface area contributed by atoms with Crippen molar-refractivity contribution >= 4 is 18.5 Å². The highest BCUT2D eigenvalue weighted by molar-refractivity contribution is 7.07. The summed E-state index contributed by atoms with van der Waals surface area (Å²) in [5.74, 6) is 0.600. The van der Waals surface area contributed by atoms with Gasteiger partial charge in [-0.05, 0) is 57.0 Å². The minimum Gasteiger partial charge on any atom is -0.0655 e. The predicted molar refractivity (Wildman–Crippen MR) is 109 cm³/mol. The Morgan fingerprint density at radius 1 is 0.958 bits per heavy atom. The Morgan fingerprint density at radius 3 is 2.29 bits per heavy atom. The van der Waals surface area contributed by atoms with Crippen molar-refractivity contribution in [1.29, 1.82) is 0 Å². The zero-order valence-corrected chi connectivity index (χ0v) is 16.7. The second-order valence-electron chi connectivity index (χ2n) is 8.33. The molecule has 0 saturated heterocycles. The highest BCUT2D eigenvalue weighted by Crippen LogP contribution is 2.50. The SMILES string of the molecule is CCCC1=C2c3c(ccc(c3-c3ccc(C(C)C)cc3)[Si]2(C)C)C1. The van der Waals surface area contributed by atoms with Crippen LogP contribution in [0.2, 0.25) is 13.1 Å². The first-order chi connectivity index (χ1) is 11.4. The third-order valence-electron chi connectivity index (χ3n) is 6.02. The summed E-state index contributed by atoms with van der Waals surface area (Å²) in [5, 5.41) is 3.43. The number of rotatable bonds is 4. The van der Waals surface area contributed by atoms with Crippen molar-refractivity contribution in [2.45, 2.75) is 59.0 Å². The van der Waals surface area contributed by atoms with Crippen molar-refractivity contribution in [2.24, 2.45) is 0 Å². The van der Waals surface area contributed by atoms with Gasteiger partial charge in [0.05, 0.1) is 0 Å². The molecule has 0 spiro atoms. The van der Waals surface area contributed by atoms with Crippen molar-refractivity contribution in [1.82, 2.24) is 0 Å². The molecule has 1 heterocycles. The molecule has 0 N–H and O–H groups in total. The van der Waals surface area contributed by atoms with E-state index in [1.807, 2.05) is 0 Å². The van der Waals surface area contributed by atoms with E-state index in [2.05, 4.69) is 70.3 Å². The molecular formula is C23H28Si. The molecule has 0 unspecified atom stereocenters. The van der Waals surface area contributed by atoms with Gasteiger partial charge < -0.3 is 0 Å². The highest BCUT2D eigenvalue weighted by Gasteiger charge is 2.45. The fraction of sp³-hybridized carbons (Fsp3) is 0.391. The number of benzene rings is 2. The molecule has 2 aliphatic rings. The lowest BCUT2D eigenvalue weighted by Crippen LogP contribution is -2.39. The average Bonchev–Trinajstić information content (AvgIpc) is 2.99. The number of fused-ring (bicyclic) bond motifs is 1. The zero-order chi connectivity index (χ0) is 17.1. The van der Waals surface area contributed by atoms with Crippen molar-refractivity contribution in [3.05, 3.63) is 58.7 Å². The molecular weight excluding hydrogens is 304 g/mol. The zero-order valence-electron chi connectivity index (χ0n) is 15.7. The Balaban J connectivity index is 1.92. The topological polar surface area (TPSA) is 0 Å². The van der Waals surface area contributed by atoms with Crippen LogP contribution in [-0.2, 0) is 6.42 Å². The largest absolute Gasteiger partial charge is 0.113 e. The number of allylic oxidation sites excluding steroid dienone is 1. The second kappa shape index (κ2) is 5.45. The van der Waals surface area contributed by atoms with Crippen LogP contribution in [0.1, 0.15) is 56.2 Å². The van der Waals surface area contributed by atoms with Gasteiger partial charge in [-0.1, -0.05) is 82.3 Å². The molecule has 1 heteroatoms. The van der Waals surface area contributed by atoms with Gasteiger partial charge in [-0.25, -0.2) is 0 Å². The molecule has 2 bridgehead atoms. The van der Waals surface area contributed by atoms with Crippen molar-refractivity contribution in [3.63, 3.8) is 0 Å². The molecule has 124 valence electrons. The van der Waals surface area contributed by atoms with Crippen molar-refractivity contribution in [2.75, 3.05) is 0 Å². The number of hydrogen-bond donors (Lipinski definition) is 0. The Labute approximate surface area is 147 Å². The normalized spacial score (nSPS) is 17.2. The van der Waals surface area contributed by atoms with Crippen LogP contribution in [0, 0.1) is 0 Å². The molecule has 0 atom stereocenters. The third kappa shape index (κ3) is 2.10. The van der Waals surface area contributed by atoms with E-state index in [1.165, 1.54) is 30.4 Å². The molecule has 1 aliphatic heterocycles. The molecule has 2 aromatic carbocycles. The van der Waals surface area contributed by atoms with Crippen LogP contribution < -0.4 is 5.19 Å². The maximum Gasteiger partial charge on any atom is 0.113 e.